The molecule has 6 N–H and O–H groups in total. The normalized spacial score (nSPS) is 17.4. The molecule has 0 saturated carbocycles. The molecule has 0 unspecified atom stereocenters. The quantitative estimate of drug-likeness (QED) is 0.0207. The molecule has 0 aliphatic carbocycles. The number of hydrogen-bond acceptors (Lipinski definition) is 16. The number of thiazole rings is 1. The van der Waals surface area contributed by atoms with Crippen LogP contribution in [0.4, 0.5) is 14.7 Å². The van der Waals surface area contributed by atoms with Gasteiger partial charge in [-0.3, -0.25) is 24.9 Å². The molecule has 0 bridgehead atoms. The van der Waals surface area contributed by atoms with Crippen LogP contribution in [0.3, 0.4) is 0 Å². The second-order valence-electron chi connectivity index (χ2n) is 17.0. The Morgan fingerprint density at radius 1 is 0.985 bits per heavy atom. The largest absolute Gasteiger partial charge is 0.489 e. The monoisotopic (exact) mass is 978 g/mol. The topological polar surface area (TPSA) is 298 Å². The maximum absolute atomic E-state index is 14.3. The van der Waals surface area contributed by atoms with Crippen LogP contribution in [0.2, 0.25) is 0 Å². The van der Waals surface area contributed by atoms with E-state index in [9.17, 15) is 42.0 Å². The minimum atomic E-state index is -5.13. The number of aromatic nitrogens is 1. The first-order chi connectivity index (χ1) is 32.0. The number of hydrogen-bond donors (Lipinski definition) is 6. The number of esters is 1. The lowest BCUT2D eigenvalue weighted by atomic mass is 9.84. The molecule has 22 nitrogen and oxygen atoms in total. The Kier molecular flexibility index (Phi) is 15.4. The molecule has 68 heavy (non-hydrogen) atoms. The third-order valence-corrected chi connectivity index (χ3v) is 11.5. The number of nitrogens with zero attached hydrogens (tertiary/aromatic N) is 4. The van der Waals surface area contributed by atoms with Gasteiger partial charge in [-0.05, 0) is 83.4 Å². The summed E-state index contributed by atoms with van der Waals surface area (Å²) in [6, 6.07) is 22.3. The predicted octanol–water partition coefficient (Wildman–Crippen LogP) is 4.81. The Morgan fingerprint density at radius 3 is 2.15 bits per heavy atom. The van der Waals surface area contributed by atoms with E-state index in [0.29, 0.717) is 39.6 Å². The van der Waals surface area contributed by atoms with Crippen LogP contribution in [0.25, 0.3) is 0 Å². The van der Waals surface area contributed by atoms with E-state index >= 15 is 0 Å². The summed E-state index contributed by atoms with van der Waals surface area (Å²) in [6.07, 6.45) is -4.03. The van der Waals surface area contributed by atoms with Crippen molar-refractivity contribution in [2.75, 3.05) is 25.0 Å². The zero-order valence-electron chi connectivity index (χ0n) is 37.6. The lowest BCUT2D eigenvalue weighted by Crippen LogP contribution is -2.76. The van der Waals surface area contributed by atoms with E-state index in [4.69, 9.17) is 24.5 Å². The Morgan fingerprint density at radius 2 is 1.60 bits per heavy atom. The fourth-order valence-corrected chi connectivity index (χ4v) is 8.19. The number of rotatable bonds is 17. The standard InChI is InChI=1S/C44H50N8O14S2/c1-25-32(47-40(67-25)49-41(56)64-43(2,3)4)33(37(53)48-35-38(54)52(44(35,5)6)66-68(59,60)61)50-65-31(39(55)63-34(26-13-9-7-10-14-26)27-15-11-8-12-16-27)24-62-30-19-17-28(18-20-30)36(45)46-29-21-22-51(23-29)42(57)58/h7-20,29,31,34-35H,21-24H2,1-6H3,(H2,45,46)(H,48,53)(H,57,58)(H,47,49,56)(H,59,60,61)/b50-33-/t29-,31-,35+/m0/s1. The summed E-state index contributed by atoms with van der Waals surface area (Å²) >= 11 is 0.934. The van der Waals surface area contributed by atoms with Crippen LogP contribution < -0.4 is 20.7 Å². The lowest BCUT2D eigenvalue weighted by Gasteiger charge is -2.50. The predicted molar refractivity (Wildman–Crippen MR) is 244 cm³/mol. The van der Waals surface area contributed by atoms with Gasteiger partial charge < -0.3 is 39.7 Å². The third-order valence-electron chi connectivity index (χ3n) is 10.3. The van der Waals surface area contributed by atoms with Crippen molar-refractivity contribution in [1.82, 2.24) is 25.6 Å². The summed E-state index contributed by atoms with van der Waals surface area (Å²) in [7, 11) is -5.13. The van der Waals surface area contributed by atoms with Crippen LogP contribution in [0, 0.1) is 12.3 Å². The molecule has 24 heteroatoms. The second kappa shape index (κ2) is 20.8. The summed E-state index contributed by atoms with van der Waals surface area (Å²) < 4.78 is 54.1. The molecule has 1 aromatic heterocycles. The number of aryl methyl sites for hydroxylation is 1. The fraction of sp³-hybridized carbons (Fsp3) is 0.364. The van der Waals surface area contributed by atoms with Gasteiger partial charge in [0.25, 0.3) is 17.9 Å². The van der Waals surface area contributed by atoms with Crippen LogP contribution in [-0.2, 0) is 43.4 Å². The summed E-state index contributed by atoms with van der Waals surface area (Å²) in [5, 5.41) is 30.3. The highest BCUT2D eigenvalue weighted by molar-refractivity contribution is 7.80. The number of amides is 4. The molecule has 0 spiro atoms. The highest BCUT2D eigenvalue weighted by Gasteiger charge is 2.58. The molecule has 3 aromatic carbocycles. The molecule has 3 atom stereocenters. The first-order valence-electron chi connectivity index (χ1n) is 20.9. The molecular weight excluding hydrogens is 929 g/mol. The zero-order valence-corrected chi connectivity index (χ0v) is 39.3. The van der Waals surface area contributed by atoms with Crippen molar-refractivity contribution in [2.45, 2.75) is 83.4 Å². The molecular formula is C44H50N8O14S2. The Bertz CT molecular complexity index is 2620. The summed E-state index contributed by atoms with van der Waals surface area (Å²) in [5.74, 6) is -2.86. The van der Waals surface area contributed by atoms with Crippen LogP contribution in [0.15, 0.2) is 90.1 Å². The van der Waals surface area contributed by atoms with Crippen LogP contribution in [-0.4, -0.2) is 124 Å². The SMILES string of the molecule is Cc1sc(NC(=O)OC(C)(C)C)nc1/C(=N/O[C@@H](COc1ccc(C(=N)N[C@H]2CCN(C(=O)O)C2)cc1)C(=O)OC(c1ccccc1)c1ccccc1)C(=O)N[C@@H]1C(=O)N(OS(=O)(=O)O)C1(C)C. The van der Waals surface area contributed by atoms with Gasteiger partial charge in [-0.15, -0.1) is 15.6 Å². The van der Waals surface area contributed by atoms with Crippen molar-refractivity contribution < 1.29 is 65.4 Å². The number of benzene rings is 3. The number of likely N-dealkylation sites (tertiary alicyclic amines) is 1. The van der Waals surface area contributed by atoms with Crippen LogP contribution in [0.1, 0.15) is 74.4 Å². The number of carbonyl (C=O) groups is 5. The number of oxime groups is 1. The van der Waals surface area contributed by atoms with Crippen LogP contribution in [0.5, 0.6) is 5.75 Å². The minimum absolute atomic E-state index is 0.0231. The zero-order chi connectivity index (χ0) is 49.6. The van der Waals surface area contributed by atoms with Crippen molar-refractivity contribution in [1.29, 1.82) is 5.41 Å². The molecule has 6 rings (SSSR count). The Balaban J connectivity index is 1.31. The molecule has 2 fully saturated rings. The maximum Gasteiger partial charge on any atom is 0.418 e. The van der Waals surface area contributed by atoms with E-state index in [1.54, 1.807) is 100 Å². The molecule has 0 radical (unpaired) electrons. The van der Waals surface area contributed by atoms with E-state index in [0.717, 1.165) is 11.3 Å². The number of hydroxylamine groups is 2. The molecule has 2 saturated heterocycles. The van der Waals surface area contributed by atoms with Crippen LogP contribution >= 0.6 is 11.3 Å². The first-order valence-corrected chi connectivity index (χ1v) is 23.1. The average Bonchev–Trinajstić information content (AvgIpc) is 3.90. The Hall–Kier alpha value is -7.15. The fourth-order valence-electron chi connectivity index (χ4n) is 6.94. The smallest absolute Gasteiger partial charge is 0.418 e. The number of carbonyl (C=O) groups excluding carboxylic acids is 4. The van der Waals surface area contributed by atoms with E-state index in [1.165, 1.54) is 30.9 Å². The van der Waals surface area contributed by atoms with Gasteiger partial charge >= 0.3 is 28.6 Å². The summed E-state index contributed by atoms with van der Waals surface area (Å²) in [4.78, 5) is 77.6. The van der Waals surface area contributed by atoms with Gasteiger partial charge in [-0.1, -0.05) is 65.8 Å². The van der Waals surface area contributed by atoms with Crippen molar-refractivity contribution in [3.05, 3.63) is 112 Å². The molecule has 4 aromatic rings. The van der Waals surface area contributed by atoms with Gasteiger partial charge in [-0.2, -0.15) is 13.5 Å². The van der Waals surface area contributed by atoms with E-state index < -0.39 is 82.1 Å². The number of nitrogens with one attached hydrogen (secondary N) is 4. The number of ether oxygens (including phenoxy) is 3. The van der Waals surface area contributed by atoms with E-state index in [2.05, 4.69) is 30.4 Å². The second-order valence-corrected chi connectivity index (χ2v) is 19.2. The first kappa shape index (κ1) is 50.3. The molecule has 2 aliphatic rings. The third kappa shape index (κ3) is 12.8. The van der Waals surface area contributed by atoms with E-state index in [-0.39, 0.29) is 35.0 Å². The lowest BCUT2D eigenvalue weighted by molar-refractivity contribution is -0.218. The maximum atomic E-state index is 14.3. The van der Waals surface area contributed by atoms with Crippen molar-refractivity contribution in [3.8, 4) is 5.75 Å². The molecule has 362 valence electrons. The van der Waals surface area contributed by atoms with Crippen molar-refractivity contribution in [3.63, 3.8) is 0 Å². The van der Waals surface area contributed by atoms with Gasteiger partial charge in [0.1, 0.15) is 35.5 Å². The molecule has 3 heterocycles. The van der Waals surface area contributed by atoms with Gasteiger partial charge in [-0.25, -0.2) is 19.4 Å². The number of amidine groups is 1. The highest BCUT2D eigenvalue weighted by atomic mass is 32.3. The number of carboxylic acid groups (broad SMARTS) is 1. The molecule has 4 amide bonds. The number of anilines is 1. The van der Waals surface area contributed by atoms with Gasteiger partial charge in [0.05, 0.1) is 5.54 Å². The number of β-lactam (4-membered cyclic amide) rings is 1. The highest BCUT2D eigenvalue weighted by Crippen LogP contribution is 2.33. The minimum Gasteiger partial charge on any atom is -0.489 e. The molecule has 2 aliphatic heterocycles. The average molecular weight is 979 g/mol. The summed E-state index contributed by atoms with van der Waals surface area (Å²) in [5.41, 5.74) is -1.48. The van der Waals surface area contributed by atoms with Crippen molar-refractivity contribution in [2.24, 2.45) is 5.16 Å². The van der Waals surface area contributed by atoms with Gasteiger partial charge in [0.15, 0.2) is 16.9 Å². The van der Waals surface area contributed by atoms with E-state index in [1.807, 2.05) is 0 Å². The Labute approximate surface area is 395 Å². The summed E-state index contributed by atoms with van der Waals surface area (Å²) in [6.45, 7) is 9.23. The van der Waals surface area contributed by atoms with Gasteiger partial charge in [0.2, 0.25) is 0 Å². The van der Waals surface area contributed by atoms with Crippen molar-refractivity contribution >= 4 is 68.4 Å². The van der Waals surface area contributed by atoms with Gasteiger partial charge in [0, 0.05) is 29.6 Å².